The smallest absolute Gasteiger partial charge is 0.253 e. The number of nitrogens with zero attached hydrogens (tertiary/aromatic N) is 3. The van der Waals surface area contributed by atoms with E-state index in [1.165, 1.54) is 5.56 Å². The van der Waals surface area contributed by atoms with Crippen LogP contribution in [0.25, 0.3) is 0 Å². The highest BCUT2D eigenvalue weighted by Gasteiger charge is 2.38. The van der Waals surface area contributed by atoms with Crippen molar-refractivity contribution >= 4 is 5.91 Å². The molecule has 4 rings (SSSR count). The van der Waals surface area contributed by atoms with Gasteiger partial charge in [-0.05, 0) is 37.5 Å². The third-order valence-corrected chi connectivity index (χ3v) is 5.20. The van der Waals surface area contributed by atoms with Gasteiger partial charge in [0.25, 0.3) is 5.91 Å². The summed E-state index contributed by atoms with van der Waals surface area (Å²) in [5, 5.41) is 0. The van der Waals surface area contributed by atoms with Gasteiger partial charge in [-0.25, -0.2) is 4.98 Å². The predicted octanol–water partition coefficient (Wildman–Crippen LogP) is 3.85. The van der Waals surface area contributed by atoms with Crippen LogP contribution < -0.4 is 0 Å². The molecule has 0 N–H and O–H groups in total. The number of hydrogen-bond acceptors (Lipinski definition) is 4. The molecule has 1 saturated heterocycles. The number of piperidine rings is 1. The Morgan fingerprint density at radius 1 is 1.19 bits per heavy atom. The van der Waals surface area contributed by atoms with Crippen molar-refractivity contribution in [2.45, 2.75) is 31.6 Å². The molecule has 1 aromatic carbocycles. The molecular formula is C22H23N3O2. The molecule has 1 aliphatic rings. The molecule has 0 bridgehead atoms. The van der Waals surface area contributed by atoms with Crippen LogP contribution in [0.1, 0.15) is 47.3 Å². The summed E-state index contributed by atoms with van der Waals surface area (Å²) >= 11 is 0. The van der Waals surface area contributed by atoms with Crippen LogP contribution >= 0.6 is 0 Å². The van der Waals surface area contributed by atoms with Crippen LogP contribution in [0.15, 0.2) is 65.5 Å². The van der Waals surface area contributed by atoms with Gasteiger partial charge in [-0.2, -0.15) is 0 Å². The van der Waals surface area contributed by atoms with Crippen molar-refractivity contribution in [3.63, 3.8) is 0 Å². The minimum atomic E-state index is -0.268. The quantitative estimate of drug-likeness (QED) is 0.708. The first-order valence-electron chi connectivity index (χ1n) is 9.32. The summed E-state index contributed by atoms with van der Waals surface area (Å²) in [6.45, 7) is 3.50. The van der Waals surface area contributed by atoms with E-state index in [4.69, 9.17) is 4.42 Å². The molecule has 1 aliphatic heterocycles. The average molecular weight is 361 g/mol. The van der Waals surface area contributed by atoms with Crippen molar-refractivity contribution in [3.05, 3.63) is 83.8 Å². The maximum atomic E-state index is 12.8. The molecule has 0 saturated carbocycles. The highest BCUT2D eigenvalue weighted by molar-refractivity contribution is 5.94. The maximum Gasteiger partial charge on any atom is 0.253 e. The molecule has 27 heavy (non-hydrogen) atoms. The molecular weight excluding hydrogens is 338 g/mol. The van der Waals surface area contributed by atoms with E-state index >= 15 is 0 Å². The molecule has 2 aromatic heterocycles. The number of likely N-dealkylation sites (tertiary alicyclic amines) is 1. The molecule has 138 valence electrons. The molecule has 5 heteroatoms. The lowest BCUT2D eigenvalue weighted by Gasteiger charge is -2.38. The van der Waals surface area contributed by atoms with Crippen molar-refractivity contribution in [2.24, 2.45) is 0 Å². The Labute approximate surface area is 159 Å². The third-order valence-electron chi connectivity index (χ3n) is 5.20. The summed E-state index contributed by atoms with van der Waals surface area (Å²) in [6.07, 6.45) is 7.74. The number of oxazole rings is 1. The highest BCUT2D eigenvalue weighted by Crippen LogP contribution is 2.34. The Hall–Kier alpha value is -2.95. The second-order valence-corrected chi connectivity index (χ2v) is 7.42. The van der Waals surface area contributed by atoms with Gasteiger partial charge in [0.2, 0.25) is 5.89 Å². The minimum Gasteiger partial charge on any atom is -0.445 e. The standard InChI is InChI=1S/C22H23N3O2/c1-22(21-24-15-19(27-21)14-17-6-3-2-4-7-17)10-5-13-25(16-22)20(26)18-8-11-23-12-9-18/h2-4,6-9,11-12,15H,5,10,13-14,16H2,1H3/t22-/m0/s1. The first-order chi connectivity index (χ1) is 13.1. The fourth-order valence-electron chi connectivity index (χ4n) is 3.73. The van der Waals surface area contributed by atoms with E-state index in [9.17, 15) is 4.79 Å². The van der Waals surface area contributed by atoms with E-state index in [1.807, 2.05) is 29.3 Å². The zero-order valence-corrected chi connectivity index (χ0v) is 15.5. The molecule has 3 aromatic rings. The summed E-state index contributed by atoms with van der Waals surface area (Å²) < 4.78 is 6.10. The first kappa shape index (κ1) is 17.5. The van der Waals surface area contributed by atoms with Crippen molar-refractivity contribution in [1.82, 2.24) is 14.9 Å². The SMILES string of the molecule is C[C@]1(c2ncc(Cc3ccccc3)o2)CCCN(C(=O)c2ccncc2)C1. The Kier molecular flexibility index (Phi) is 4.75. The lowest BCUT2D eigenvalue weighted by molar-refractivity contribution is 0.0626. The van der Waals surface area contributed by atoms with Gasteiger partial charge in [-0.15, -0.1) is 0 Å². The number of aromatic nitrogens is 2. The largest absolute Gasteiger partial charge is 0.445 e. The van der Waals surface area contributed by atoms with Crippen molar-refractivity contribution in [2.75, 3.05) is 13.1 Å². The number of benzene rings is 1. The van der Waals surface area contributed by atoms with Gasteiger partial charge in [0.05, 0.1) is 11.6 Å². The van der Waals surface area contributed by atoms with E-state index in [0.717, 1.165) is 37.5 Å². The molecule has 3 heterocycles. The van der Waals surface area contributed by atoms with Crippen LogP contribution in [0.3, 0.4) is 0 Å². The third kappa shape index (κ3) is 3.77. The monoisotopic (exact) mass is 361 g/mol. The minimum absolute atomic E-state index is 0.0411. The summed E-state index contributed by atoms with van der Waals surface area (Å²) in [5.41, 5.74) is 1.60. The normalized spacial score (nSPS) is 19.8. The molecule has 1 amide bonds. The van der Waals surface area contributed by atoms with Gasteiger partial charge in [0, 0.05) is 37.5 Å². The van der Waals surface area contributed by atoms with E-state index in [2.05, 4.69) is 29.0 Å². The summed E-state index contributed by atoms with van der Waals surface area (Å²) in [7, 11) is 0. The lowest BCUT2D eigenvalue weighted by atomic mass is 9.81. The van der Waals surface area contributed by atoms with E-state index in [-0.39, 0.29) is 11.3 Å². The Bertz CT molecular complexity index is 908. The van der Waals surface area contributed by atoms with Crippen LogP contribution in [-0.2, 0) is 11.8 Å². The van der Waals surface area contributed by atoms with Gasteiger partial charge < -0.3 is 9.32 Å². The molecule has 0 spiro atoms. The van der Waals surface area contributed by atoms with E-state index in [0.29, 0.717) is 12.1 Å². The summed E-state index contributed by atoms with van der Waals surface area (Å²) in [4.78, 5) is 23.3. The van der Waals surface area contributed by atoms with Gasteiger partial charge in [0.15, 0.2) is 0 Å². The fraction of sp³-hybridized carbons (Fsp3) is 0.318. The number of amides is 1. The van der Waals surface area contributed by atoms with Crippen molar-refractivity contribution in [1.29, 1.82) is 0 Å². The zero-order chi connectivity index (χ0) is 18.7. The number of hydrogen-bond donors (Lipinski definition) is 0. The second-order valence-electron chi connectivity index (χ2n) is 7.42. The van der Waals surface area contributed by atoms with E-state index in [1.54, 1.807) is 24.5 Å². The van der Waals surface area contributed by atoms with Crippen LogP contribution in [-0.4, -0.2) is 33.9 Å². The van der Waals surface area contributed by atoms with Gasteiger partial charge in [-0.1, -0.05) is 30.3 Å². The Morgan fingerprint density at radius 2 is 1.96 bits per heavy atom. The van der Waals surface area contributed by atoms with Crippen LogP contribution in [0.4, 0.5) is 0 Å². The first-order valence-corrected chi connectivity index (χ1v) is 9.32. The van der Waals surface area contributed by atoms with Crippen LogP contribution in [0.2, 0.25) is 0 Å². The molecule has 0 unspecified atom stereocenters. The number of rotatable bonds is 4. The summed E-state index contributed by atoms with van der Waals surface area (Å²) in [5.74, 6) is 1.62. The lowest BCUT2D eigenvalue weighted by Crippen LogP contribution is -2.47. The number of pyridine rings is 1. The predicted molar refractivity (Wildman–Crippen MR) is 102 cm³/mol. The van der Waals surface area contributed by atoms with Crippen LogP contribution in [0.5, 0.6) is 0 Å². The molecule has 0 aliphatic carbocycles. The molecule has 1 atom stereocenters. The average Bonchev–Trinajstić information content (AvgIpc) is 3.18. The van der Waals surface area contributed by atoms with E-state index < -0.39 is 0 Å². The number of carbonyl (C=O) groups excluding carboxylic acids is 1. The van der Waals surface area contributed by atoms with Crippen LogP contribution in [0, 0.1) is 0 Å². The number of carbonyl (C=O) groups is 1. The highest BCUT2D eigenvalue weighted by atomic mass is 16.4. The summed E-state index contributed by atoms with van der Waals surface area (Å²) in [6, 6.07) is 13.7. The Balaban J connectivity index is 1.50. The molecule has 0 radical (unpaired) electrons. The van der Waals surface area contributed by atoms with Gasteiger partial charge in [0.1, 0.15) is 5.76 Å². The van der Waals surface area contributed by atoms with Crippen molar-refractivity contribution in [3.8, 4) is 0 Å². The van der Waals surface area contributed by atoms with Gasteiger partial charge >= 0.3 is 0 Å². The molecule has 5 nitrogen and oxygen atoms in total. The Morgan fingerprint density at radius 3 is 2.74 bits per heavy atom. The topological polar surface area (TPSA) is 59.2 Å². The second kappa shape index (κ2) is 7.35. The van der Waals surface area contributed by atoms with Crippen molar-refractivity contribution < 1.29 is 9.21 Å². The van der Waals surface area contributed by atoms with Gasteiger partial charge in [-0.3, -0.25) is 9.78 Å². The zero-order valence-electron chi connectivity index (χ0n) is 15.5. The fourth-order valence-corrected chi connectivity index (χ4v) is 3.73. The molecule has 1 fully saturated rings. The maximum absolute atomic E-state index is 12.8.